The standard InChI is InChI=1S/C11H11F3N2O4/c12-11(13,14)20-8-3-1-7(2-4-8)16-10(19)15-6-5-9(17)18/h1-4H,5-6H2,(H,17,18)(H2,15,16,19). The third-order valence-electron chi connectivity index (χ3n) is 1.97. The molecule has 0 fully saturated rings. The number of hydrogen-bond acceptors (Lipinski definition) is 3. The lowest BCUT2D eigenvalue weighted by atomic mass is 10.3. The van der Waals surface area contributed by atoms with Gasteiger partial charge in [0.25, 0.3) is 0 Å². The molecule has 1 aromatic rings. The van der Waals surface area contributed by atoms with Gasteiger partial charge < -0.3 is 20.5 Å². The van der Waals surface area contributed by atoms with E-state index in [0.29, 0.717) is 0 Å². The first-order chi connectivity index (χ1) is 9.26. The van der Waals surface area contributed by atoms with Gasteiger partial charge >= 0.3 is 18.4 Å². The predicted molar refractivity (Wildman–Crippen MR) is 62.4 cm³/mol. The van der Waals surface area contributed by atoms with Gasteiger partial charge in [0.15, 0.2) is 0 Å². The number of urea groups is 1. The number of rotatable bonds is 5. The van der Waals surface area contributed by atoms with E-state index in [1.165, 1.54) is 12.1 Å². The maximum absolute atomic E-state index is 11.9. The van der Waals surface area contributed by atoms with Crippen LogP contribution in [-0.4, -0.2) is 30.0 Å². The number of carboxylic acid groups (broad SMARTS) is 1. The quantitative estimate of drug-likeness (QED) is 0.776. The van der Waals surface area contributed by atoms with Crippen LogP contribution >= 0.6 is 0 Å². The fourth-order valence-electron chi connectivity index (χ4n) is 1.20. The Hall–Kier alpha value is -2.45. The number of hydrogen-bond donors (Lipinski definition) is 3. The molecule has 1 rings (SSSR count). The second-order valence-corrected chi connectivity index (χ2v) is 3.60. The molecule has 0 aliphatic heterocycles. The van der Waals surface area contributed by atoms with Gasteiger partial charge in [-0.15, -0.1) is 13.2 Å². The molecule has 0 spiro atoms. The summed E-state index contributed by atoms with van der Waals surface area (Å²) in [5.41, 5.74) is 0.243. The van der Waals surface area contributed by atoms with Crippen molar-refractivity contribution in [2.24, 2.45) is 0 Å². The number of ether oxygens (including phenoxy) is 1. The molecule has 2 amide bonds. The number of amides is 2. The van der Waals surface area contributed by atoms with Crippen molar-refractivity contribution in [3.8, 4) is 5.75 Å². The number of benzene rings is 1. The number of alkyl halides is 3. The molecule has 0 bridgehead atoms. The van der Waals surface area contributed by atoms with Gasteiger partial charge in [-0.25, -0.2) is 4.79 Å². The summed E-state index contributed by atoms with van der Waals surface area (Å²) in [4.78, 5) is 21.5. The molecule has 0 unspecified atom stereocenters. The first-order valence-electron chi connectivity index (χ1n) is 5.39. The van der Waals surface area contributed by atoms with Crippen LogP contribution in [0, 0.1) is 0 Å². The molecule has 0 saturated carbocycles. The van der Waals surface area contributed by atoms with E-state index in [1.807, 2.05) is 0 Å². The first-order valence-corrected chi connectivity index (χ1v) is 5.39. The van der Waals surface area contributed by atoms with Crippen molar-refractivity contribution in [2.45, 2.75) is 12.8 Å². The maximum atomic E-state index is 11.9. The third-order valence-corrected chi connectivity index (χ3v) is 1.97. The molecule has 20 heavy (non-hydrogen) atoms. The van der Waals surface area contributed by atoms with Crippen LogP contribution in [0.3, 0.4) is 0 Å². The molecule has 0 radical (unpaired) electrons. The summed E-state index contributed by atoms with van der Waals surface area (Å²) in [6.07, 6.45) is -5.01. The molecular formula is C11H11F3N2O4. The number of carbonyl (C=O) groups is 2. The minimum Gasteiger partial charge on any atom is -0.481 e. The molecule has 0 aliphatic rings. The highest BCUT2D eigenvalue weighted by atomic mass is 19.4. The van der Waals surface area contributed by atoms with Crippen molar-refractivity contribution < 1.29 is 32.6 Å². The fourth-order valence-corrected chi connectivity index (χ4v) is 1.20. The zero-order valence-electron chi connectivity index (χ0n) is 10.0. The lowest BCUT2D eigenvalue weighted by Crippen LogP contribution is -2.30. The van der Waals surface area contributed by atoms with Gasteiger partial charge in [-0.2, -0.15) is 0 Å². The Bertz CT molecular complexity index is 474. The van der Waals surface area contributed by atoms with E-state index in [0.717, 1.165) is 12.1 Å². The molecule has 0 aromatic heterocycles. The molecule has 9 heteroatoms. The largest absolute Gasteiger partial charge is 0.573 e. The summed E-state index contributed by atoms with van der Waals surface area (Å²) in [6.45, 7) is -0.0591. The molecule has 3 N–H and O–H groups in total. The van der Waals surface area contributed by atoms with Crippen molar-refractivity contribution in [3.63, 3.8) is 0 Å². The predicted octanol–water partition coefficient (Wildman–Crippen LogP) is 2.18. The fraction of sp³-hybridized carbons (Fsp3) is 0.273. The van der Waals surface area contributed by atoms with Gasteiger partial charge in [-0.05, 0) is 24.3 Å². The zero-order chi connectivity index (χ0) is 15.2. The van der Waals surface area contributed by atoms with Crippen LogP contribution in [0.4, 0.5) is 23.7 Å². The van der Waals surface area contributed by atoms with Crippen molar-refractivity contribution >= 4 is 17.7 Å². The highest BCUT2D eigenvalue weighted by molar-refractivity contribution is 5.89. The van der Waals surface area contributed by atoms with Crippen molar-refractivity contribution in [1.82, 2.24) is 5.32 Å². The average Bonchev–Trinajstić information content (AvgIpc) is 2.29. The minimum absolute atomic E-state index is 0.0591. The van der Waals surface area contributed by atoms with Crippen LogP contribution in [0.5, 0.6) is 5.75 Å². The summed E-state index contributed by atoms with van der Waals surface area (Å²) in [5, 5.41) is 13.0. The van der Waals surface area contributed by atoms with Crippen LogP contribution in [0.2, 0.25) is 0 Å². The van der Waals surface area contributed by atoms with Crippen LogP contribution < -0.4 is 15.4 Å². The molecule has 110 valence electrons. The van der Waals surface area contributed by atoms with Gasteiger partial charge in [0.1, 0.15) is 5.75 Å². The number of anilines is 1. The van der Waals surface area contributed by atoms with E-state index in [2.05, 4.69) is 15.4 Å². The molecular weight excluding hydrogens is 281 g/mol. The van der Waals surface area contributed by atoms with Gasteiger partial charge in [-0.3, -0.25) is 4.79 Å². The molecule has 0 atom stereocenters. The van der Waals surface area contributed by atoms with Crippen LogP contribution in [0.25, 0.3) is 0 Å². The first kappa shape index (κ1) is 15.6. The number of aliphatic carboxylic acids is 1. The van der Waals surface area contributed by atoms with Gasteiger partial charge in [0.05, 0.1) is 6.42 Å². The summed E-state index contributed by atoms with van der Waals surface area (Å²) in [5.74, 6) is -1.46. The van der Waals surface area contributed by atoms with E-state index in [1.54, 1.807) is 0 Å². The molecule has 6 nitrogen and oxygen atoms in total. The van der Waals surface area contributed by atoms with Crippen LogP contribution in [0.1, 0.15) is 6.42 Å². The van der Waals surface area contributed by atoms with Crippen LogP contribution in [-0.2, 0) is 4.79 Å². The highest BCUT2D eigenvalue weighted by Crippen LogP contribution is 2.23. The Kier molecular flexibility index (Phi) is 5.18. The van der Waals surface area contributed by atoms with Gasteiger partial charge in [0, 0.05) is 12.2 Å². The number of halogens is 3. The smallest absolute Gasteiger partial charge is 0.481 e. The highest BCUT2D eigenvalue weighted by Gasteiger charge is 2.30. The monoisotopic (exact) mass is 292 g/mol. The molecule has 1 aromatic carbocycles. The lowest BCUT2D eigenvalue weighted by molar-refractivity contribution is -0.274. The van der Waals surface area contributed by atoms with E-state index in [4.69, 9.17) is 5.11 Å². The van der Waals surface area contributed by atoms with Crippen molar-refractivity contribution in [3.05, 3.63) is 24.3 Å². The van der Waals surface area contributed by atoms with Gasteiger partial charge in [0.2, 0.25) is 0 Å². The zero-order valence-corrected chi connectivity index (χ0v) is 10.0. The lowest BCUT2D eigenvalue weighted by Gasteiger charge is -2.10. The second kappa shape index (κ2) is 6.64. The number of carbonyl (C=O) groups excluding carboxylic acids is 1. The summed E-state index contributed by atoms with van der Waals surface area (Å²) in [6, 6.07) is 3.87. The maximum Gasteiger partial charge on any atom is 0.573 e. The molecule has 0 aliphatic carbocycles. The second-order valence-electron chi connectivity index (χ2n) is 3.60. The van der Waals surface area contributed by atoms with Crippen molar-refractivity contribution in [2.75, 3.05) is 11.9 Å². The van der Waals surface area contributed by atoms with E-state index >= 15 is 0 Å². The number of nitrogens with one attached hydrogen (secondary N) is 2. The Morgan fingerprint density at radius 1 is 1.20 bits per heavy atom. The van der Waals surface area contributed by atoms with Crippen molar-refractivity contribution in [1.29, 1.82) is 0 Å². The number of carboxylic acids is 1. The topological polar surface area (TPSA) is 87.7 Å². The Morgan fingerprint density at radius 3 is 2.30 bits per heavy atom. The minimum atomic E-state index is -4.77. The molecule has 0 heterocycles. The van der Waals surface area contributed by atoms with E-state index < -0.39 is 24.1 Å². The SMILES string of the molecule is O=C(O)CCNC(=O)Nc1ccc(OC(F)(F)F)cc1. The van der Waals surface area contributed by atoms with Gasteiger partial charge in [-0.1, -0.05) is 0 Å². The third kappa shape index (κ3) is 6.47. The van der Waals surface area contributed by atoms with E-state index in [9.17, 15) is 22.8 Å². The summed E-state index contributed by atoms with van der Waals surface area (Å²) in [7, 11) is 0. The van der Waals surface area contributed by atoms with E-state index in [-0.39, 0.29) is 18.7 Å². The Balaban J connectivity index is 2.45. The summed E-state index contributed by atoms with van der Waals surface area (Å²) < 4.78 is 39.4. The Morgan fingerprint density at radius 2 is 1.80 bits per heavy atom. The Labute approximate surface area is 111 Å². The normalized spacial score (nSPS) is 10.8. The average molecular weight is 292 g/mol. The van der Waals surface area contributed by atoms with Crippen LogP contribution in [0.15, 0.2) is 24.3 Å². The molecule has 0 saturated heterocycles. The summed E-state index contributed by atoms with van der Waals surface area (Å²) >= 11 is 0.